The summed E-state index contributed by atoms with van der Waals surface area (Å²) in [7, 11) is -8.07. The van der Waals surface area contributed by atoms with E-state index in [1.165, 1.54) is 12.1 Å². The highest BCUT2D eigenvalue weighted by Gasteiger charge is 2.18. The maximum Gasteiger partial charge on any atom is 0.238 e. The predicted molar refractivity (Wildman–Crippen MR) is 63.1 cm³/mol. The third kappa shape index (κ3) is 3.75. The molecule has 0 bridgehead atoms. The Kier molecular flexibility index (Phi) is 4.46. The number of aryl methyl sites for hydroxylation is 1. The molecule has 0 aromatic heterocycles. The molecule has 0 aliphatic carbocycles. The van der Waals surface area contributed by atoms with Gasteiger partial charge in [-0.15, -0.1) is 0 Å². The predicted octanol–water partition coefficient (Wildman–Crippen LogP) is -0.655. The standard InChI is InChI=1S/C9H13N2O5S2/c10-17(13,14)8-4-3-7(2-1-5-12)9(6-8)18(11,15)16/h3-4,6H,1-2,5H2,(H2,10,13,14)(H2,11,15,16). The molecule has 0 saturated heterocycles. The van der Waals surface area contributed by atoms with Crippen LogP contribution in [-0.2, 0) is 31.6 Å². The first-order valence-corrected chi connectivity index (χ1v) is 8.02. The Bertz CT molecular complexity index is 637. The highest BCUT2D eigenvalue weighted by Crippen LogP contribution is 2.20. The topological polar surface area (TPSA) is 140 Å². The minimum Gasteiger partial charge on any atom is -0.237 e. The Morgan fingerprint density at radius 2 is 1.61 bits per heavy atom. The van der Waals surface area contributed by atoms with E-state index < -0.39 is 20.0 Å². The molecule has 101 valence electrons. The lowest BCUT2D eigenvalue weighted by atomic mass is 10.1. The van der Waals surface area contributed by atoms with E-state index in [4.69, 9.17) is 10.3 Å². The summed E-state index contributed by atoms with van der Waals surface area (Å²) in [6, 6.07) is 3.39. The number of primary sulfonamides is 2. The molecule has 0 atom stereocenters. The molecule has 1 aromatic rings. The quantitative estimate of drug-likeness (QED) is 0.743. The van der Waals surface area contributed by atoms with Gasteiger partial charge in [-0.05, 0) is 30.5 Å². The lowest BCUT2D eigenvalue weighted by molar-refractivity contribution is 0.189. The molecule has 0 aliphatic heterocycles. The highest BCUT2D eigenvalue weighted by atomic mass is 32.2. The average molecular weight is 293 g/mol. The third-order valence-corrected chi connectivity index (χ3v) is 4.17. The lowest BCUT2D eigenvalue weighted by Gasteiger charge is -2.08. The zero-order valence-corrected chi connectivity index (χ0v) is 11.0. The normalized spacial score (nSPS) is 12.6. The molecule has 0 spiro atoms. The molecule has 0 saturated carbocycles. The van der Waals surface area contributed by atoms with Gasteiger partial charge in [-0.3, -0.25) is 0 Å². The largest absolute Gasteiger partial charge is 0.238 e. The van der Waals surface area contributed by atoms with Crippen molar-refractivity contribution in [2.45, 2.75) is 22.6 Å². The van der Waals surface area contributed by atoms with Crippen LogP contribution < -0.4 is 10.3 Å². The van der Waals surface area contributed by atoms with E-state index in [1.54, 1.807) is 0 Å². The summed E-state index contributed by atoms with van der Waals surface area (Å²) in [5.41, 5.74) is 0.306. The fourth-order valence-corrected chi connectivity index (χ4v) is 2.89. The van der Waals surface area contributed by atoms with Gasteiger partial charge in [0.05, 0.1) is 16.4 Å². The first-order valence-electron chi connectivity index (χ1n) is 4.93. The Hall–Kier alpha value is -1.00. The van der Waals surface area contributed by atoms with Crippen molar-refractivity contribution in [1.29, 1.82) is 0 Å². The van der Waals surface area contributed by atoms with Crippen LogP contribution in [0.3, 0.4) is 0 Å². The molecule has 9 heteroatoms. The molecular formula is C9H13N2O5S2. The van der Waals surface area contributed by atoms with Gasteiger partial charge in [-0.25, -0.2) is 32.2 Å². The van der Waals surface area contributed by atoms with Crippen molar-refractivity contribution in [3.8, 4) is 0 Å². The van der Waals surface area contributed by atoms with Crippen LogP contribution in [-0.4, -0.2) is 23.4 Å². The number of sulfonamides is 2. The molecule has 1 radical (unpaired) electrons. The summed E-state index contributed by atoms with van der Waals surface area (Å²) in [5, 5.41) is 20.3. The van der Waals surface area contributed by atoms with Crippen molar-refractivity contribution in [2.24, 2.45) is 10.3 Å². The highest BCUT2D eigenvalue weighted by molar-refractivity contribution is 7.90. The maximum atomic E-state index is 11.4. The first kappa shape index (κ1) is 15.1. The van der Waals surface area contributed by atoms with Crippen molar-refractivity contribution >= 4 is 20.0 Å². The minimum absolute atomic E-state index is 0.208. The Labute approximate surface area is 106 Å². The molecule has 0 aliphatic rings. The monoisotopic (exact) mass is 293 g/mol. The molecule has 0 amide bonds. The summed E-state index contributed by atoms with van der Waals surface area (Å²) in [6.45, 7) is -0.360. The van der Waals surface area contributed by atoms with E-state index in [0.29, 0.717) is 5.56 Å². The lowest BCUT2D eigenvalue weighted by Crippen LogP contribution is -2.18. The van der Waals surface area contributed by atoms with Crippen LogP contribution in [0.2, 0.25) is 0 Å². The summed E-state index contributed by atoms with van der Waals surface area (Å²) >= 11 is 0. The number of hydrogen-bond donors (Lipinski definition) is 2. The Morgan fingerprint density at radius 1 is 1.00 bits per heavy atom. The number of nitrogens with two attached hydrogens (primary N) is 2. The molecule has 18 heavy (non-hydrogen) atoms. The van der Waals surface area contributed by atoms with Gasteiger partial charge in [0.15, 0.2) is 0 Å². The Balaban J connectivity index is 3.40. The van der Waals surface area contributed by atoms with E-state index in [-0.39, 0.29) is 29.2 Å². The van der Waals surface area contributed by atoms with Crippen LogP contribution in [0, 0.1) is 0 Å². The van der Waals surface area contributed by atoms with Gasteiger partial charge in [0.25, 0.3) is 0 Å². The van der Waals surface area contributed by atoms with Gasteiger partial charge in [-0.1, -0.05) is 6.07 Å². The second-order valence-corrected chi connectivity index (χ2v) is 6.76. The van der Waals surface area contributed by atoms with Gasteiger partial charge < -0.3 is 0 Å². The fraction of sp³-hybridized carbons (Fsp3) is 0.333. The van der Waals surface area contributed by atoms with Gasteiger partial charge in [0.2, 0.25) is 20.0 Å². The van der Waals surface area contributed by atoms with Crippen molar-refractivity contribution in [3.05, 3.63) is 23.8 Å². The van der Waals surface area contributed by atoms with E-state index in [1.807, 2.05) is 0 Å². The summed E-state index contributed by atoms with van der Waals surface area (Å²) in [5.74, 6) is 0. The van der Waals surface area contributed by atoms with Crippen molar-refractivity contribution in [1.82, 2.24) is 0 Å². The number of hydrogen-bond acceptors (Lipinski definition) is 4. The minimum atomic E-state index is -4.07. The van der Waals surface area contributed by atoms with Gasteiger partial charge >= 0.3 is 0 Å². The fourth-order valence-electron chi connectivity index (χ4n) is 1.45. The van der Waals surface area contributed by atoms with E-state index in [9.17, 15) is 21.9 Å². The molecule has 7 nitrogen and oxygen atoms in total. The molecule has 0 unspecified atom stereocenters. The van der Waals surface area contributed by atoms with Gasteiger partial charge in [0, 0.05) is 0 Å². The maximum absolute atomic E-state index is 11.4. The molecule has 1 rings (SSSR count). The van der Waals surface area contributed by atoms with Crippen LogP contribution in [0.5, 0.6) is 0 Å². The van der Waals surface area contributed by atoms with Gasteiger partial charge in [0.1, 0.15) is 0 Å². The number of benzene rings is 1. The first-order chi connectivity index (χ1) is 8.16. The molecule has 0 fully saturated rings. The zero-order chi connectivity index (χ0) is 14.0. The molecule has 4 N–H and O–H groups in total. The zero-order valence-electron chi connectivity index (χ0n) is 9.37. The number of rotatable bonds is 5. The summed E-state index contributed by atoms with van der Waals surface area (Å²) < 4.78 is 45.0. The van der Waals surface area contributed by atoms with Crippen molar-refractivity contribution in [3.63, 3.8) is 0 Å². The van der Waals surface area contributed by atoms with Crippen molar-refractivity contribution < 1.29 is 21.9 Å². The Morgan fingerprint density at radius 3 is 2.06 bits per heavy atom. The SMILES string of the molecule is NS(=O)(=O)c1ccc(CCC[O])c(S(N)(=O)=O)c1. The summed E-state index contributed by atoms with van der Waals surface area (Å²) in [6.07, 6.45) is 0.442. The van der Waals surface area contributed by atoms with Crippen LogP contribution in [0.25, 0.3) is 0 Å². The molecule has 0 heterocycles. The second kappa shape index (κ2) is 5.33. The third-order valence-electron chi connectivity index (χ3n) is 2.26. The summed E-state index contributed by atoms with van der Waals surface area (Å²) in [4.78, 5) is -0.653. The molecular weight excluding hydrogens is 280 g/mol. The van der Waals surface area contributed by atoms with Crippen LogP contribution in [0.1, 0.15) is 12.0 Å². The van der Waals surface area contributed by atoms with Crippen LogP contribution in [0.4, 0.5) is 0 Å². The van der Waals surface area contributed by atoms with Crippen LogP contribution in [0.15, 0.2) is 28.0 Å². The second-order valence-electron chi connectivity index (χ2n) is 3.67. The van der Waals surface area contributed by atoms with E-state index >= 15 is 0 Å². The average Bonchev–Trinajstić information content (AvgIpc) is 2.23. The van der Waals surface area contributed by atoms with Gasteiger partial charge in [-0.2, -0.15) is 0 Å². The van der Waals surface area contributed by atoms with Crippen LogP contribution >= 0.6 is 0 Å². The molecule has 1 aromatic carbocycles. The smallest absolute Gasteiger partial charge is 0.237 e. The van der Waals surface area contributed by atoms with E-state index in [0.717, 1.165) is 6.07 Å². The van der Waals surface area contributed by atoms with Crippen molar-refractivity contribution in [2.75, 3.05) is 6.61 Å². The van der Waals surface area contributed by atoms with E-state index in [2.05, 4.69) is 0 Å².